The van der Waals surface area contributed by atoms with Crippen molar-refractivity contribution in [3.05, 3.63) is 47.5 Å². The molecule has 0 aliphatic carbocycles. The highest BCUT2D eigenvalue weighted by Crippen LogP contribution is 2.35. The minimum Gasteiger partial charge on any atom is -0.308 e. The molecular formula is C16H12N4OS2. The molecule has 0 spiro atoms. The van der Waals surface area contributed by atoms with E-state index in [4.69, 9.17) is 0 Å². The molecule has 0 aliphatic heterocycles. The maximum Gasteiger partial charge on any atom is 0.325 e. The fourth-order valence-corrected chi connectivity index (χ4v) is 4.32. The van der Waals surface area contributed by atoms with Gasteiger partial charge in [-0.1, -0.05) is 29.5 Å². The van der Waals surface area contributed by atoms with E-state index in [-0.39, 0.29) is 6.03 Å². The zero-order valence-corrected chi connectivity index (χ0v) is 13.8. The molecule has 4 rings (SSSR count). The van der Waals surface area contributed by atoms with Crippen molar-refractivity contribution in [3.63, 3.8) is 0 Å². The van der Waals surface area contributed by atoms with E-state index in [1.165, 1.54) is 11.3 Å². The van der Waals surface area contributed by atoms with Gasteiger partial charge >= 0.3 is 6.03 Å². The molecule has 0 saturated carbocycles. The Morgan fingerprint density at radius 1 is 0.913 bits per heavy atom. The van der Waals surface area contributed by atoms with Crippen LogP contribution in [0.25, 0.3) is 20.4 Å². The number of amides is 2. The summed E-state index contributed by atoms with van der Waals surface area (Å²) in [5.41, 5.74) is 2.59. The number of thiazole rings is 2. The Bertz CT molecular complexity index is 1010. The van der Waals surface area contributed by atoms with E-state index in [1.807, 2.05) is 49.4 Å². The number of benzene rings is 2. The maximum absolute atomic E-state index is 12.1. The number of hydrogen-bond donors (Lipinski definition) is 2. The summed E-state index contributed by atoms with van der Waals surface area (Å²) in [4.78, 5) is 21.0. The smallest absolute Gasteiger partial charge is 0.308 e. The Balaban J connectivity index is 1.62. The molecule has 0 radical (unpaired) electrons. The van der Waals surface area contributed by atoms with Crippen molar-refractivity contribution < 1.29 is 4.79 Å². The highest BCUT2D eigenvalue weighted by molar-refractivity contribution is 7.28. The van der Waals surface area contributed by atoms with Crippen molar-refractivity contribution in [2.45, 2.75) is 6.92 Å². The first kappa shape index (κ1) is 14.1. The minimum absolute atomic E-state index is 0.299. The number of carbonyl (C=O) groups excluding carboxylic acids is 1. The number of anilines is 2. The van der Waals surface area contributed by atoms with Gasteiger partial charge in [-0.05, 0) is 31.2 Å². The fourth-order valence-electron chi connectivity index (χ4n) is 2.32. The molecule has 114 valence electrons. The van der Waals surface area contributed by atoms with Gasteiger partial charge < -0.3 is 5.32 Å². The second-order valence-electron chi connectivity index (χ2n) is 4.96. The van der Waals surface area contributed by atoms with Crippen LogP contribution in [0, 0.1) is 6.92 Å². The maximum atomic E-state index is 12.1. The van der Waals surface area contributed by atoms with E-state index in [0.29, 0.717) is 5.13 Å². The number of fused-ring (bicyclic) bond motifs is 3. The molecule has 23 heavy (non-hydrogen) atoms. The van der Waals surface area contributed by atoms with Gasteiger partial charge in [-0.15, -0.1) is 11.3 Å². The molecule has 0 unspecified atom stereocenters. The predicted octanol–water partition coefficient (Wildman–Crippen LogP) is 4.86. The normalized spacial score (nSPS) is 11.0. The molecule has 7 heteroatoms. The molecule has 2 N–H and O–H groups in total. The largest absolute Gasteiger partial charge is 0.325 e. The second kappa shape index (κ2) is 5.60. The molecule has 4 aromatic rings. The summed E-state index contributed by atoms with van der Waals surface area (Å²) < 4.78 is 2.18. The molecule has 0 saturated heterocycles. The Hall–Kier alpha value is -2.51. The average Bonchev–Trinajstić information content (AvgIpc) is 3.09. The third-order valence-electron chi connectivity index (χ3n) is 3.27. The summed E-state index contributed by atoms with van der Waals surface area (Å²) in [5.74, 6) is 0. The lowest BCUT2D eigenvalue weighted by molar-refractivity contribution is 0.262. The molecule has 2 aromatic heterocycles. The van der Waals surface area contributed by atoms with Crippen molar-refractivity contribution in [2.75, 3.05) is 10.6 Å². The molecule has 0 bridgehead atoms. The van der Waals surface area contributed by atoms with Crippen LogP contribution >= 0.6 is 22.7 Å². The second-order valence-corrected chi connectivity index (χ2v) is 7.16. The zero-order chi connectivity index (χ0) is 15.8. The van der Waals surface area contributed by atoms with Gasteiger partial charge in [-0.25, -0.2) is 14.8 Å². The van der Waals surface area contributed by atoms with E-state index in [1.54, 1.807) is 11.3 Å². The Labute approximate surface area is 140 Å². The molecule has 2 amide bonds. The summed E-state index contributed by atoms with van der Waals surface area (Å²) in [6, 6.07) is 12.9. The Morgan fingerprint density at radius 2 is 1.61 bits per heavy atom. The highest BCUT2D eigenvalue weighted by atomic mass is 32.1. The van der Waals surface area contributed by atoms with Gasteiger partial charge in [0.05, 0.1) is 25.4 Å². The number of para-hydroxylation sites is 1. The molecular weight excluding hydrogens is 328 g/mol. The highest BCUT2D eigenvalue weighted by Gasteiger charge is 2.12. The van der Waals surface area contributed by atoms with Crippen LogP contribution in [0.2, 0.25) is 0 Å². The number of aromatic nitrogens is 2. The minimum atomic E-state index is -0.299. The van der Waals surface area contributed by atoms with Gasteiger partial charge in [0.1, 0.15) is 0 Å². The van der Waals surface area contributed by atoms with Crippen LogP contribution in [0.4, 0.5) is 15.6 Å². The van der Waals surface area contributed by atoms with Crippen molar-refractivity contribution in [3.8, 4) is 0 Å². The van der Waals surface area contributed by atoms with Crippen molar-refractivity contribution in [1.82, 2.24) is 9.97 Å². The topological polar surface area (TPSA) is 66.9 Å². The summed E-state index contributed by atoms with van der Waals surface area (Å²) in [6.07, 6.45) is 0. The van der Waals surface area contributed by atoms with E-state index in [9.17, 15) is 4.79 Å². The summed E-state index contributed by atoms with van der Waals surface area (Å²) in [5, 5.41) is 7.18. The number of rotatable bonds is 2. The van der Waals surface area contributed by atoms with E-state index in [0.717, 1.165) is 31.1 Å². The average molecular weight is 340 g/mol. The predicted molar refractivity (Wildman–Crippen MR) is 96.6 cm³/mol. The van der Waals surface area contributed by atoms with Gasteiger partial charge in [0.25, 0.3) is 0 Å². The standard InChI is InChI=1S/C16H12N4OS2/c1-9-17-11-7-8-12-14(13(11)22-9)23-16(19-12)20-15(21)18-10-5-3-2-4-6-10/h2-8H,1H3,(H2,18,19,20,21). The Kier molecular flexibility index (Phi) is 3.44. The molecule has 0 atom stereocenters. The first-order chi connectivity index (χ1) is 11.2. The molecule has 0 aliphatic rings. The third kappa shape index (κ3) is 2.76. The monoisotopic (exact) mass is 340 g/mol. The lowest BCUT2D eigenvalue weighted by Gasteiger charge is -2.04. The van der Waals surface area contributed by atoms with E-state index >= 15 is 0 Å². The van der Waals surface area contributed by atoms with Gasteiger partial charge in [0, 0.05) is 5.69 Å². The van der Waals surface area contributed by atoms with E-state index < -0.39 is 0 Å². The SMILES string of the molecule is Cc1nc2ccc3nc(NC(=O)Nc4ccccc4)sc3c2s1. The van der Waals surface area contributed by atoms with Crippen LogP contribution in [0.15, 0.2) is 42.5 Å². The van der Waals surface area contributed by atoms with Gasteiger partial charge in [-0.2, -0.15) is 0 Å². The van der Waals surface area contributed by atoms with Gasteiger partial charge in [0.15, 0.2) is 5.13 Å². The van der Waals surface area contributed by atoms with Crippen LogP contribution in [-0.2, 0) is 0 Å². The third-order valence-corrected chi connectivity index (χ3v) is 5.41. The van der Waals surface area contributed by atoms with Crippen LogP contribution in [0.3, 0.4) is 0 Å². The van der Waals surface area contributed by atoms with Crippen molar-refractivity contribution >= 4 is 60.0 Å². The first-order valence-electron chi connectivity index (χ1n) is 6.99. The summed E-state index contributed by atoms with van der Waals surface area (Å²) >= 11 is 3.11. The quantitative estimate of drug-likeness (QED) is 0.548. The number of hydrogen-bond acceptors (Lipinski definition) is 5. The van der Waals surface area contributed by atoms with Crippen LogP contribution in [-0.4, -0.2) is 16.0 Å². The molecule has 2 aromatic carbocycles. The zero-order valence-electron chi connectivity index (χ0n) is 12.2. The molecule has 0 fully saturated rings. The summed E-state index contributed by atoms with van der Waals surface area (Å²) in [7, 11) is 0. The number of urea groups is 1. The summed E-state index contributed by atoms with van der Waals surface area (Å²) in [6.45, 7) is 1.99. The number of aryl methyl sites for hydroxylation is 1. The molecule has 5 nitrogen and oxygen atoms in total. The van der Waals surface area contributed by atoms with Crippen LogP contribution in [0.1, 0.15) is 5.01 Å². The number of nitrogens with one attached hydrogen (secondary N) is 2. The van der Waals surface area contributed by atoms with Crippen LogP contribution in [0.5, 0.6) is 0 Å². The van der Waals surface area contributed by atoms with Gasteiger partial charge in [-0.3, -0.25) is 5.32 Å². The van der Waals surface area contributed by atoms with Crippen LogP contribution < -0.4 is 10.6 Å². The number of carbonyl (C=O) groups is 1. The van der Waals surface area contributed by atoms with Gasteiger partial charge in [0.2, 0.25) is 0 Å². The van der Waals surface area contributed by atoms with Crippen molar-refractivity contribution in [2.24, 2.45) is 0 Å². The number of nitrogens with zero attached hydrogens (tertiary/aromatic N) is 2. The fraction of sp³-hybridized carbons (Fsp3) is 0.0625. The molecule has 2 heterocycles. The lowest BCUT2D eigenvalue weighted by atomic mass is 10.3. The first-order valence-corrected chi connectivity index (χ1v) is 8.62. The van der Waals surface area contributed by atoms with E-state index in [2.05, 4.69) is 20.6 Å². The lowest BCUT2D eigenvalue weighted by Crippen LogP contribution is -2.19. The van der Waals surface area contributed by atoms with Crippen molar-refractivity contribution in [1.29, 1.82) is 0 Å². The Morgan fingerprint density at radius 3 is 2.39 bits per heavy atom.